The number of hydrogen-bond donors (Lipinski definition) is 1. The number of imidazole rings is 1. The summed E-state index contributed by atoms with van der Waals surface area (Å²) in [5.41, 5.74) is 3.17. The van der Waals surface area contributed by atoms with Gasteiger partial charge in [-0.25, -0.2) is 4.98 Å². The summed E-state index contributed by atoms with van der Waals surface area (Å²) in [5, 5.41) is 15.2. The van der Waals surface area contributed by atoms with Crippen molar-refractivity contribution in [3.63, 3.8) is 0 Å². The SMILES string of the molecule is CSc1ccccc1CN1CCn2nc([C@H](O)c3nccn3C)cc2C1. The van der Waals surface area contributed by atoms with Crippen LogP contribution >= 0.6 is 11.8 Å². The number of aryl methyl sites for hydroxylation is 1. The fraction of sp³-hybridized carbons (Fsp3) is 0.368. The van der Waals surface area contributed by atoms with Crippen LogP contribution in [0, 0.1) is 0 Å². The molecule has 0 saturated heterocycles. The van der Waals surface area contributed by atoms with Gasteiger partial charge in [0.05, 0.1) is 17.9 Å². The van der Waals surface area contributed by atoms with Gasteiger partial charge in [0, 0.05) is 44.0 Å². The summed E-state index contributed by atoms with van der Waals surface area (Å²) in [5.74, 6) is 0.617. The number of fused-ring (bicyclic) bond motifs is 1. The molecule has 0 saturated carbocycles. The molecular weight excluding hydrogens is 346 g/mol. The predicted octanol–water partition coefficient (Wildman–Crippen LogP) is 2.44. The van der Waals surface area contributed by atoms with Crippen molar-refractivity contribution < 1.29 is 5.11 Å². The van der Waals surface area contributed by atoms with Crippen LogP contribution in [0.4, 0.5) is 0 Å². The summed E-state index contributed by atoms with van der Waals surface area (Å²) in [6.07, 6.45) is 4.85. The molecule has 2 aromatic heterocycles. The van der Waals surface area contributed by atoms with Crippen molar-refractivity contribution in [2.45, 2.75) is 30.6 Å². The zero-order chi connectivity index (χ0) is 18.1. The average Bonchev–Trinajstić information content (AvgIpc) is 3.27. The Hall–Kier alpha value is -2.09. The van der Waals surface area contributed by atoms with E-state index in [2.05, 4.69) is 45.5 Å². The average molecular weight is 369 g/mol. The lowest BCUT2D eigenvalue weighted by molar-refractivity contribution is 0.194. The molecule has 7 heteroatoms. The summed E-state index contributed by atoms with van der Waals surface area (Å²) in [6, 6.07) is 10.6. The Morgan fingerprint density at radius 3 is 2.88 bits per heavy atom. The molecule has 0 bridgehead atoms. The van der Waals surface area contributed by atoms with Crippen molar-refractivity contribution in [2.24, 2.45) is 7.05 Å². The predicted molar refractivity (Wildman–Crippen MR) is 102 cm³/mol. The van der Waals surface area contributed by atoms with E-state index in [-0.39, 0.29) is 0 Å². The molecule has 0 fully saturated rings. The van der Waals surface area contributed by atoms with Gasteiger partial charge >= 0.3 is 0 Å². The quantitative estimate of drug-likeness (QED) is 0.700. The molecule has 3 aromatic rings. The lowest BCUT2D eigenvalue weighted by Crippen LogP contribution is -2.33. The molecule has 0 unspecified atom stereocenters. The first-order chi connectivity index (χ1) is 12.7. The van der Waals surface area contributed by atoms with E-state index < -0.39 is 6.10 Å². The van der Waals surface area contributed by atoms with Crippen molar-refractivity contribution in [3.05, 3.63) is 65.5 Å². The molecule has 136 valence electrons. The van der Waals surface area contributed by atoms with Gasteiger partial charge < -0.3 is 9.67 Å². The Morgan fingerprint density at radius 1 is 1.27 bits per heavy atom. The summed E-state index contributed by atoms with van der Waals surface area (Å²) in [4.78, 5) is 8.00. The van der Waals surface area contributed by atoms with Crippen molar-refractivity contribution in [3.8, 4) is 0 Å². The minimum absolute atomic E-state index is 0.617. The van der Waals surface area contributed by atoms with Crippen molar-refractivity contribution >= 4 is 11.8 Å². The van der Waals surface area contributed by atoms with Gasteiger partial charge in [0.15, 0.2) is 6.10 Å². The van der Waals surface area contributed by atoms with Gasteiger partial charge in [-0.05, 0) is 24.0 Å². The smallest absolute Gasteiger partial charge is 0.155 e. The molecule has 1 aliphatic rings. The molecule has 0 aliphatic carbocycles. The van der Waals surface area contributed by atoms with Gasteiger partial charge in [-0.1, -0.05) is 18.2 Å². The Labute approximate surface area is 157 Å². The minimum Gasteiger partial charge on any atom is -0.379 e. The highest BCUT2D eigenvalue weighted by molar-refractivity contribution is 7.98. The van der Waals surface area contributed by atoms with Crippen LogP contribution in [0.15, 0.2) is 47.6 Å². The maximum Gasteiger partial charge on any atom is 0.155 e. The first kappa shape index (κ1) is 17.3. The highest BCUT2D eigenvalue weighted by Gasteiger charge is 2.24. The standard InChI is InChI=1S/C19H23N5OS/c1-22-8-7-20-19(22)18(25)16-11-15-13-23(9-10-24(15)21-16)12-14-5-3-4-6-17(14)26-2/h3-8,11,18,25H,9-10,12-13H2,1-2H3/t18-/m0/s1. The summed E-state index contributed by atoms with van der Waals surface area (Å²) < 4.78 is 3.84. The lowest BCUT2D eigenvalue weighted by atomic mass is 10.2. The number of aliphatic hydroxyl groups is 1. The highest BCUT2D eigenvalue weighted by Crippen LogP contribution is 2.25. The third-order valence-corrected chi connectivity index (χ3v) is 5.70. The largest absolute Gasteiger partial charge is 0.379 e. The number of nitrogens with zero attached hydrogens (tertiary/aromatic N) is 5. The monoisotopic (exact) mass is 369 g/mol. The number of hydrogen-bond acceptors (Lipinski definition) is 5. The normalized spacial score (nSPS) is 15.8. The number of benzene rings is 1. The molecular formula is C19H23N5OS. The molecule has 1 N–H and O–H groups in total. The van der Waals surface area contributed by atoms with E-state index in [1.165, 1.54) is 10.5 Å². The Balaban J connectivity index is 1.51. The van der Waals surface area contributed by atoms with Crippen LogP contribution in [0.5, 0.6) is 0 Å². The van der Waals surface area contributed by atoms with Crippen LogP contribution in [-0.2, 0) is 26.7 Å². The van der Waals surface area contributed by atoms with E-state index in [1.54, 1.807) is 18.0 Å². The Kier molecular flexibility index (Phi) is 4.84. The van der Waals surface area contributed by atoms with Crippen LogP contribution in [-0.4, -0.2) is 42.1 Å². The maximum absolute atomic E-state index is 10.6. The van der Waals surface area contributed by atoms with Crippen molar-refractivity contribution in [1.29, 1.82) is 0 Å². The van der Waals surface area contributed by atoms with E-state index in [4.69, 9.17) is 0 Å². The third-order valence-electron chi connectivity index (χ3n) is 4.87. The van der Waals surface area contributed by atoms with Gasteiger partial charge in [0.1, 0.15) is 5.82 Å². The van der Waals surface area contributed by atoms with E-state index >= 15 is 0 Å². The first-order valence-electron chi connectivity index (χ1n) is 8.72. The molecule has 4 rings (SSSR count). The van der Waals surface area contributed by atoms with Crippen LogP contribution < -0.4 is 0 Å². The number of aromatic nitrogens is 4. The number of thioether (sulfide) groups is 1. The van der Waals surface area contributed by atoms with Gasteiger partial charge in [-0.2, -0.15) is 5.10 Å². The maximum atomic E-state index is 10.6. The fourth-order valence-electron chi connectivity index (χ4n) is 3.46. The van der Waals surface area contributed by atoms with Crippen LogP contribution in [0.25, 0.3) is 0 Å². The molecule has 0 radical (unpaired) electrons. The minimum atomic E-state index is -0.793. The summed E-state index contributed by atoms with van der Waals surface area (Å²) in [6.45, 7) is 3.56. The van der Waals surface area contributed by atoms with Gasteiger partial charge in [0.25, 0.3) is 0 Å². The molecule has 6 nitrogen and oxygen atoms in total. The molecule has 1 aromatic carbocycles. The van der Waals surface area contributed by atoms with E-state index in [9.17, 15) is 5.11 Å². The number of aliphatic hydroxyl groups excluding tert-OH is 1. The topological polar surface area (TPSA) is 59.1 Å². The van der Waals surface area contributed by atoms with Crippen LogP contribution in [0.3, 0.4) is 0 Å². The lowest BCUT2D eigenvalue weighted by Gasteiger charge is -2.28. The molecule has 1 aliphatic heterocycles. The molecule has 0 spiro atoms. The van der Waals surface area contributed by atoms with Crippen LogP contribution in [0.2, 0.25) is 0 Å². The Bertz CT molecular complexity index is 903. The zero-order valence-electron chi connectivity index (χ0n) is 15.0. The fourth-order valence-corrected chi connectivity index (χ4v) is 4.07. The van der Waals surface area contributed by atoms with Gasteiger partial charge in [-0.15, -0.1) is 11.8 Å². The van der Waals surface area contributed by atoms with E-state index in [0.717, 1.165) is 31.9 Å². The van der Waals surface area contributed by atoms with E-state index in [0.29, 0.717) is 11.5 Å². The molecule has 3 heterocycles. The summed E-state index contributed by atoms with van der Waals surface area (Å²) in [7, 11) is 1.88. The van der Waals surface area contributed by atoms with Crippen LogP contribution in [0.1, 0.15) is 28.9 Å². The van der Waals surface area contributed by atoms with Crippen molar-refractivity contribution in [2.75, 3.05) is 12.8 Å². The molecule has 26 heavy (non-hydrogen) atoms. The summed E-state index contributed by atoms with van der Waals surface area (Å²) >= 11 is 1.79. The third kappa shape index (κ3) is 3.30. The highest BCUT2D eigenvalue weighted by atomic mass is 32.2. The molecule has 1 atom stereocenters. The second kappa shape index (κ2) is 7.26. The zero-order valence-corrected chi connectivity index (χ0v) is 15.9. The molecule has 0 amide bonds. The van der Waals surface area contributed by atoms with Crippen molar-refractivity contribution in [1.82, 2.24) is 24.2 Å². The first-order valence-corrected chi connectivity index (χ1v) is 9.94. The Morgan fingerprint density at radius 2 is 2.12 bits per heavy atom. The van der Waals surface area contributed by atoms with Gasteiger partial charge in [-0.3, -0.25) is 9.58 Å². The number of rotatable bonds is 5. The van der Waals surface area contributed by atoms with E-state index in [1.807, 2.05) is 28.6 Å². The van der Waals surface area contributed by atoms with Gasteiger partial charge in [0.2, 0.25) is 0 Å². The second-order valence-corrected chi connectivity index (χ2v) is 7.45. The second-order valence-electron chi connectivity index (χ2n) is 6.61.